The molecule has 0 aliphatic carbocycles. The minimum absolute atomic E-state index is 0.159. The highest BCUT2D eigenvalue weighted by Gasteiger charge is 2.38. The number of amides is 1. The Hall–Kier alpha value is -2.61. The van der Waals surface area contributed by atoms with Gasteiger partial charge in [0.05, 0.1) is 30.9 Å². The molecule has 2 aromatic carbocycles. The van der Waals surface area contributed by atoms with Crippen molar-refractivity contribution in [2.75, 3.05) is 44.4 Å². The minimum atomic E-state index is -0.480. The first-order valence-corrected chi connectivity index (χ1v) is 12.2. The second-order valence-corrected chi connectivity index (χ2v) is 8.97. The Kier molecular flexibility index (Phi) is 8.08. The van der Waals surface area contributed by atoms with Gasteiger partial charge in [-0.3, -0.25) is 4.79 Å². The summed E-state index contributed by atoms with van der Waals surface area (Å²) in [4.78, 5) is 27.1. The molecule has 0 bridgehead atoms. The van der Waals surface area contributed by atoms with E-state index in [1.165, 1.54) is 0 Å². The predicted molar refractivity (Wildman–Crippen MR) is 131 cm³/mol. The summed E-state index contributed by atoms with van der Waals surface area (Å²) < 4.78 is 16.8. The van der Waals surface area contributed by atoms with E-state index in [1.807, 2.05) is 24.3 Å². The quantitative estimate of drug-likeness (QED) is 0.590. The average Bonchev–Trinajstić information content (AvgIpc) is 3.20. The van der Waals surface area contributed by atoms with Gasteiger partial charge in [0.2, 0.25) is 0 Å². The standard InChI is InChI=1S/C26H31ClN2O5/c1-2-32-25(31)20-6-4-19(5-7-20)10-13-28-24(30)22-18-21(27)8-9-23(22)29-14-3-11-26(12-15-29)33-16-17-34-26/h4-9,18H,2-3,10-17H2,1H3,(H,28,30). The van der Waals surface area contributed by atoms with Gasteiger partial charge in [-0.15, -0.1) is 0 Å². The Balaban J connectivity index is 1.37. The Bertz CT molecular complexity index is 1000. The van der Waals surface area contributed by atoms with Gasteiger partial charge in [0.15, 0.2) is 5.79 Å². The van der Waals surface area contributed by atoms with Crippen molar-refractivity contribution < 1.29 is 23.8 Å². The molecule has 2 aromatic rings. The lowest BCUT2D eigenvalue weighted by Gasteiger charge is -2.27. The number of nitrogens with zero attached hydrogens (tertiary/aromatic N) is 1. The van der Waals surface area contributed by atoms with Crippen molar-refractivity contribution in [3.63, 3.8) is 0 Å². The lowest BCUT2D eigenvalue weighted by Crippen LogP contribution is -2.33. The third kappa shape index (κ3) is 5.90. The highest BCUT2D eigenvalue weighted by atomic mass is 35.5. The van der Waals surface area contributed by atoms with Gasteiger partial charge in [-0.2, -0.15) is 0 Å². The van der Waals surface area contributed by atoms with E-state index in [1.54, 1.807) is 25.1 Å². The molecule has 1 amide bonds. The number of hydrogen-bond acceptors (Lipinski definition) is 6. The van der Waals surface area contributed by atoms with Crippen LogP contribution in [0.1, 0.15) is 52.5 Å². The smallest absolute Gasteiger partial charge is 0.338 e. The van der Waals surface area contributed by atoms with Crippen LogP contribution < -0.4 is 10.2 Å². The van der Waals surface area contributed by atoms with E-state index in [2.05, 4.69) is 10.2 Å². The first-order chi connectivity index (χ1) is 16.5. The molecule has 34 heavy (non-hydrogen) atoms. The third-order valence-corrected chi connectivity index (χ3v) is 6.51. The molecular weight excluding hydrogens is 456 g/mol. The van der Waals surface area contributed by atoms with Gasteiger partial charge in [-0.05, 0) is 55.7 Å². The Morgan fingerprint density at radius 1 is 1.09 bits per heavy atom. The number of esters is 1. The van der Waals surface area contributed by atoms with Crippen LogP contribution in [0.15, 0.2) is 42.5 Å². The van der Waals surface area contributed by atoms with Crippen molar-refractivity contribution in [2.24, 2.45) is 0 Å². The SMILES string of the molecule is CCOC(=O)c1ccc(CCNC(=O)c2cc(Cl)ccc2N2CCCC3(CC2)OCCO3)cc1. The summed E-state index contributed by atoms with van der Waals surface area (Å²) in [6, 6.07) is 12.7. The summed E-state index contributed by atoms with van der Waals surface area (Å²) in [7, 11) is 0. The number of nitrogens with one attached hydrogen (secondary N) is 1. The molecule has 0 unspecified atom stereocenters. The Labute approximate surface area is 205 Å². The van der Waals surface area contributed by atoms with Crippen LogP contribution in [-0.2, 0) is 20.6 Å². The summed E-state index contributed by atoms with van der Waals surface area (Å²) >= 11 is 6.25. The Morgan fingerprint density at radius 2 is 1.85 bits per heavy atom. The van der Waals surface area contributed by atoms with Crippen LogP contribution in [0.3, 0.4) is 0 Å². The fourth-order valence-electron chi connectivity index (χ4n) is 4.51. The third-order valence-electron chi connectivity index (χ3n) is 6.27. The average molecular weight is 487 g/mol. The molecule has 0 atom stereocenters. The fourth-order valence-corrected chi connectivity index (χ4v) is 4.68. The zero-order valence-electron chi connectivity index (χ0n) is 19.5. The molecule has 2 aliphatic heterocycles. The van der Waals surface area contributed by atoms with E-state index in [4.69, 9.17) is 25.8 Å². The number of anilines is 1. The second kappa shape index (κ2) is 11.2. The molecule has 8 heteroatoms. The van der Waals surface area contributed by atoms with Gasteiger partial charge >= 0.3 is 5.97 Å². The molecule has 1 N–H and O–H groups in total. The number of carbonyl (C=O) groups is 2. The first kappa shape index (κ1) is 24.5. The van der Waals surface area contributed by atoms with Crippen molar-refractivity contribution in [1.82, 2.24) is 5.32 Å². The molecule has 4 rings (SSSR count). The maximum atomic E-state index is 13.1. The molecule has 1 spiro atoms. The summed E-state index contributed by atoms with van der Waals surface area (Å²) in [6.07, 6.45) is 3.18. The summed E-state index contributed by atoms with van der Waals surface area (Å²) in [5, 5.41) is 3.54. The number of carbonyl (C=O) groups excluding carboxylic acids is 2. The largest absolute Gasteiger partial charge is 0.462 e. The van der Waals surface area contributed by atoms with E-state index in [9.17, 15) is 9.59 Å². The van der Waals surface area contributed by atoms with Crippen LogP contribution in [0.5, 0.6) is 0 Å². The lowest BCUT2D eigenvalue weighted by molar-refractivity contribution is -0.162. The van der Waals surface area contributed by atoms with Crippen LogP contribution in [-0.4, -0.2) is 57.1 Å². The number of halogens is 1. The van der Waals surface area contributed by atoms with Crippen LogP contribution >= 0.6 is 11.6 Å². The van der Waals surface area contributed by atoms with E-state index < -0.39 is 5.79 Å². The van der Waals surface area contributed by atoms with E-state index >= 15 is 0 Å². The van der Waals surface area contributed by atoms with Gasteiger partial charge in [0.1, 0.15) is 0 Å². The summed E-state index contributed by atoms with van der Waals surface area (Å²) in [5.41, 5.74) is 2.98. The maximum absolute atomic E-state index is 13.1. The molecule has 0 saturated carbocycles. The molecule has 2 heterocycles. The van der Waals surface area contributed by atoms with Gasteiger partial charge in [-0.1, -0.05) is 23.7 Å². The van der Waals surface area contributed by atoms with Crippen molar-refractivity contribution in [1.29, 1.82) is 0 Å². The molecular formula is C26H31ClN2O5. The van der Waals surface area contributed by atoms with Crippen molar-refractivity contribution in [2.45, 2.75) is 38.4 Å². The van der Waals surface area contributed by atoms with Crippen molar-refractivity contribution in [3.05, 3.63) is 64.2 Å². The molecule has 0 aromatic heterocycles. The van der Waals surface area contributed by atoms with Crippen LogP contribution in [0.25, 0.3) is 0 Å². The highest BCUT2D eigenvalue weighted by Crippen LogP contribution is 2.34. The zero-order chi connectivity index (χ0) is 24.0. The second-order valence-electron chi connectivity index (χ2n) is 8.53. The highest BCUT2D eigenvalue weighted by molar-refractivity contribution is 6.31. The zero-order valence-corrected chi connectivity index (χ0v) is 20.2. The Morgan fingerprint density at radius 3 is 2.59 bits per heavy atom. The van der Waals surface area contributed by atoms with E-state index in [0.29, 0.717) is 48.9 Å². The maximum Gasteiger partial charge on any atom is 0.338 e. The number of benzene rings is 2. The fraction of sp³-hybridized carbons (Fsp3) is 0.462. The van der Waals surface area contributed by atoms with Crippen LogP contribution in [0, 0.1) is 0 Å². The number of rotatable bonds is 7. The van der Waals surface area contributed by atoms with Gasteiger partial charge in [0, 0.05) is 43.2 Å². The van der Waals surface area contributed by atoms with Crippen molar-refractivity contribution >= 4 is 29.2 Å². The summed E-state index contributed by atoms with van der Waals surface area (Å²) in [6.45, 7) is 5.44. The molecule has 182 valence electrons. The number of hydrogen-bond donors (Lipinski definition) is 1. The molecule has 2 fully saturated rings. The molecule has 2 saturated heterocycles. The van der Waals surface area contributed by atoms with Gasteiger partial charge in [0.25, 0.3) is 5.91 Å². The van der Waals surface area contributed by atoms with E-state index in [-0.39, 0.29) is 11.9 Å². The molecule has 2 aliphatic rings. The summed E-state index contributed by atoms with van der Waals surface area (Å²) in [5.74, 6) is -0.971. The topological polar surface area (TPSA) is 77.1 Å². The molecule has 7 nitrogen and oxygen atoms in total. The van der Waals surface area contributed by atoms with Gasteiger partial charge < -0.3 is 24.4 Å². The number of ether oxygens (including phenoxy) is 3. The van der Waals surface area contributed by atoms with E-state index in [0.717, 1.165) is 43.6 Å². The van der Waals surface area contributed by atoms with Crippen LogP contribution in [0.2, 0.25) is 5.02 Å². The first-order valence-electron chi connectivity index (χ1n) is 11.9. The minimum Gasteiger partial charge on any atom is -0.462 e. The van der Waals surface area contributed by atoms with Crippen LogP contribution in [0.4, 0.5) is 5.69 Å². The monoisotopic (exact) mass is 486 g/mol. The lowest BCUT2D eigenvalue weighted by atomic mass is 10.1. The van der Waals surface area contributed by atoms with Crippen molar-refractivity contribution in [3.8, 4) is 0 Å². The van der Waals surface area contributed by atoms with Gasteiger partial charge in [-0.25, -0.2) is 4.79 Å². The normalized spacial score (nSPS) is 17.4. The molecule has 0 radical (unpaired) electrons. The predicted octanol–water partition coefficient (Wildman–Crippen LogP) is 4.22.